The molecule has 5 nitrogen and oxygen atoms in total. The Morgan fingerprint density at radius 2 is 1.88 bits per heavy atom. The Labute approximate surface area is 103 Å². The van der Waals surface area contributed by atoms with Crippen molar-refractivity contribution in [3.63, 3.8) is 0 Å². The van der Waals surface area contributed by atoms with E-state index in [0.717, 1.165) is 13.0 Å². The monoisotopic (exact) mass is 244 g/mol. The fourth-order valence-electron chi connectivity index (χ4n) is 1.55. The van der Waals surface area contributed by atoms with Crippen LogP contribution in [0.2, 0.25) is 0 Å². The molecular formula is C12H24N2O3. The van der Waals surface area contributed by atoms with Crippen molar-refractivity contribution in [3.05, 3.63) is 0 Å². The Morgan fingerprint density at radius 3 is 2.29 bits per heavy atom. The van der Waals surface area contributed by atoms with Crippen LogP contribution >= 0.6 is 0 Å². The lowest BCUT2D eigenvalue weighted by atomic mass is 10.1. The summed E-state index contributed by atoms with van der Waals surface area (Å²) in [5.74, 6) is -1.25. The van der Waals surface area contributed by atoms with Crippen molar-refractivity contribution in [1.82, 2.24) is 10.2 Å². The van der Waals surface area contributed by atoms with Gasteiger partial charge in [-0.3, -0.25) is 9.59 Å². The highest BCUT2D eigenvalue weighted by Gasteiger charge is 2.25. The number of nitrogens with one attached hydrogen (secondary N) is 1. The Morgan fingerprint density at radius 1 is 1.29 bits per heavy atom. The summed E-state index contributed by atoms with van der Waals surface area (Å²) < 4.78 is 0. The number of carboxylic acids is 1. The van der Waals surface area contributed by atoms with Gasteiger partial charge in [0.1, 0.15) is 6.54 Å². The first kappa shape index (κ1) is 15.9. The second-order valence-electron chi connectivity index (χ2n) is 4.33. The maximum atomic E-state index is 12.1. The molecule has 0 rings (SSSR count). The molecule has 0 radical (unpaired) electrons. The number of carboxylic acid groups (broad SMARTS) is 1. The maximum Gasteiger partial charge on any atom is 0.323 e. The molecule has 0 saturated heterocycles. The number of hydrogen-bond acceptors (Lipinski definition) is 3. The summed E-state index contributed by atoms with van der Waals surface area (Å²) >= 11 is 0. The van der Waals surface area contributed by atoms with E-state index in [1.165, 1.54) is 4.90 Å². The third-order valence-corrected chi connectivity index (χ3v) is 2.83. The van der Waals surface area contributed by atoms with Crippen LogP contribution in [0.3, 0.4) is 0 Å². The van der Waals surface area contributed by atoms with E-state index in [4.69, 9.17) is 5.11 Å². The van der Waals surface area contributed by atoms with Crippen molar-refractivity contribution in [2.24, 2.45) is 5.92 Å². The molecule has 0 spiro atoms. The van der Waals surface area contributed by atoms with Crippen molar-refractivity contribution in [2.45, 2.75) is 40.2 Å². The molecule has 17 heavy (non-hydrogen) atoms. The molecule has 0 bridgehead atoms. The number of carbonyl (C=O) groups is 2. The highest BCUT2D eigenvalue weighted by molar-refractivity contribution is 5.83. The maximum absolute atomic E-state index is 12.1. The highest BCUT2D eigenvalue weighted by atomic mass is 16.4. The standard InChI is InChI=1S/C12H24N2O3/c1-5-10(4)14(8-11(15)16)12(17)9(3)7-13-6-2/h9-10,13H,5-8H2,1-4H3,(H,15,16). The second-order valence-corrected chi connectivity index (χ2v) is 4.33. The number of hydrogen-bond donors (Lipinski definition) is 2. The van der Waals surface area contributed by atoms with Gasteiger partial charge >= 0.3 is 5.97 Å². The fourth-order valence-corrected chi connectivity index (χ4v) is 1.55. The molecule has 0 aromatic carbocycles. The van der Waals surface area contributed by atoms with Crippen LogP contribution in [0.25, 0.3) is 0 Å². The van der Waals surface area contributed by atoms with Gasteiger partial charge in [0.15, 0.2) is 0 Å². The number of nitrogens with zero attached hydrogens (tertiary/aromatic N) is 1. The van der Waals surface area contributed by atoms with E-state index in [1.807, 2.05) is 27.7 Å². The third kappa shape index (κ3) is 5.68. The van der Waals surface area contributed by atoms with Gasteiger partial charge in [-0.05, 0) is 19.9 Å². The molecule has 2 unspecified atom stereocenters. The minimum Gasteiger partial charge on any atom is -0.480 e. The van der Waals surface area contributed by atoms with Gasteiger partial charge < -0.3 is 15.3 Å². The van der Waals surface area contributed by atoms with Crippen LogP contribution in [-0.4, -0.2) is 47.6 Å². The van der Waals surface area contributed by atoms with Crippen molar-refractivity contribution < 1.29 is 14.7 Å². The van der Waals surface area contributed by atoms with Crippen LogP contribution in [0.4, 0.5) is 0 Å². The molecule has 100 valence electrons. The Bertz CT molecular complexity index is 256. The van der Waals surface area contributed by atoms with Crippen molar-refractivity contribution in [1.29, 1.82) is 0 Å². The number of amides is 1. The molecule has 0 heterocycles. The molecule has 5 heteroatoms. The van der Waals surface area contributed by atoms with E-state index in [2.05, 4.69) is 5.32 Å². The molecule has 0 aliphatic heterocycles. The van der Waals surface area contributed by atoms with Gasteiger partial charge in [0.05, 0.1) is 0 Å². The third-order valence-electron chi connectivity index (χ3n) is 2.83. The van der Waals surface area contributed by atoms with Crippen LogP contribution in [0.1, 0.15) is 34.1 Å². The lowest BCUT2D eigenvalue weighted by Gasteiger charge is -2.29. The van der Waals surface area contributed by atoms with E-state index in [9.17, 15) is 9.59 Å². The molecular weight excluding hydrogens is 220 g/mol. The second kappa shape index (κ2) is 8.06. The molecule has 0 aromatic rings. The number of aliphatic carboxylic acids is 1. The summed E-state index contributed by atoms with van der Waals surface area (Å²) in [5, 5.41) is 11.9. The van der Waals surface area contributed by atoms with Crippen molar-refractivity contribution in [3.8, 4) is 0 Å². The quantitative estimate of drug-likeness (QED) is 0.667. The van der Waals surface area contributed by atoms with Crippen LogP contribution in [-0.2, 0) is 9.59 Å². The molecule has 0 saturated carbocycles. The summed E-state index contributed by atoms with van der Waals surface area (Å²) in [5.41, 5.74) is 0. The van der Waals surface area contributed by atoms with E-state index in [0.29, 0.717) is 6.54 Å². The summed E-state index contributed by atoms with van der Waals surface area (Å²) in [6, 6.07) is -0.0392. The lowest BCUT2D eigenvalue weighted by Crippen LogP contribution is -2.46. The minimum atomic E-state index is -0.964. The first-order chi connectivity index (χ1) is 7.93. The predicted molar refractivity (Wildman–Crippen MR) is 66.8 cm³/mol. The summed E-state index contributed by atoms with van der Waals surface area (Å²) in [7, 11) is 0. The summed E-state index contributed by atoms with van der Waals surface area (Å²) in [6.45, 7) is 8.79. The average Bonchev–Trinajstić information content (AvgIpc) is 2.30. The van der Waals surface area contributed by atoms with Crippen molar-refractivity contribution >= 4 is 11.9 Å². The Kier molecular flexibility index (Phi) is 7.54. The van der Waals surface area contributed by atoms with Gasteiger partial charge in [-0.1, -0.05) is 20.8 Å². The van der Waals surface area contributed by atoms with Gasteiger partial charge in [0.2, 0.25) is 5.91 Å². The van der Waals surface area contributed by atoms with E-state index < -0.39 is 5.97 Å². The van der Waals surface area contributed by atoms with Crippen LogP contribution in [0, 0.1) is 5.92 Å². The normalized spacial score (nSPS) is 14.1. The topological polar surface area (TPSA) is 69.6 Å². The first-order valence-electron chi connectivity index (χ1n) is 6.16. The molecule has 0 aromatic heterocycles. The molecule has 2 N–H and O–H groups in total. The van der Waals surface area contributed by atoms with Gasteiger partial charge in [0.25, 0.3) is 0 Å². The summed E-state index contributed by atoms with van der Waals surface area (Å²) in [6.07, 6.45) is 0.757. The lowest BCUT2D eigenvalue weighted by molar-refractivity contribution is -0.147. The van der Waals surface area contributed by atoms with E-state index in [-0.39, 0.29) is 24.4 Å². The van der Waals surface area contributed by atoms with E-state index >= 15 is 0 Å². The summed E-state index contributed by atoms with van der Waals surface area (Å²) in [4.78, 5) is 24.3. The predicted octanol–water partition coefficient (Wildman–Crippen LogP) is 0.944. The molecule has 0 aliphatic rings. The SMILES string of the molecule is CCNCC(C)C(=O)N(CC(=O)O)C(C)CC. The fraction of sp³-hybridized carbons (Fsp3) is 0.833. The van der Waals surface area contributed by atoms with Crippen LogP contribution < -0.4 is 5.32 Å². The van der Waals surface area contributed by atoms with Gasteiger partial charge in [-0.15, -0.1) is 0 Å². The Hall–Kier alpha value is -1.10. The van der Waals surface area contributed by atoms with Gasteiger partial charge in [0, 0.05) is 18.5 Å². The minimum absolute atomic E-state index is 0.0392. The zero-order valence-corrected chi connectivity index (χ0v) is 11.2. The molecule has 0 aliphatic carbocycles. The zero-order chi connectivity index (χ0) is 13.4. The van der Waals surface area contributed by atoms with Crippen molar-refractivity contribution in [2.75, 3.05) is 19.6 Å². The molecule has 2 atom stereocenters. The van der Waals surface area contributed by atoms with Gasteiger partial charge in [-0.25, -0.2) is 0 Å². The van der Waals surface area contributed by atoms with Crippen LogP contribution in [0.5, 0.6) is 0 Å². The highest BCUT2D eigenvalue weighted by Crippen LogP contribution is 2.09. The number of rotatable bonds is 8. The molecule has 1 amide bonds. The van der Waals surface area contributed by atoms with E-state index in [1.54, 1.807) is 0 Å². The molecule has 0 fully saturated rings. The number of carbonyl (C=O) groups excluding carboxylic acids is 1. The average molecular weight is 244 g/mol. The smallest absolute Gasteiger partial charge is 0.323 e. The zero-order valence-electron chi connectivity index (χ0n) is 11.2. The first-order valence-corrected chi connectivity index (χ1v) is 6.16. The van der Waals surface area contributed by atoms with Crippen LogP contribution in [0.15, 0.2) is 0 Å². The largest absolute Gasteiger partial charge is 0.480 e. The van der Waals surface area contributed by atoms with Gasteiger partial charge in [-0.2, -0.15) is 0 Å². The Balaban J connectivity index is 4.56.